The average Bonchev–Trinajstić information content (AvgIpc) is 2.78. The lowest BCUT2D eigenvalue weighted by molar-refractivity contribution is 0.255. The molecule has 84 valence electrons. The molecule has 0 unspecified atom stereocenters. The van der Waals surface area contributed by atoms with Crippen molar-refractivity contribution in [1.82, 2.24) is 9.78 Å². The van der Waals surface area contributed by atoms with E-state index in [4.69, 9.17) is 5.11 Å². The van der Waals surface area contributed by atoms with Crippen molar-refractivity contribution < 1.29 is 5.11 Å². The summed E-state index contributed by atoms with van der Waals surface area (Å²) in [4.78, 5) is 0. The van der Waals surface area contributed by atoms with Crippen LogP contribution in [0.5, 0.6) is 0 Å². The van der Waals surface area contributed by atoms with E-state index in [2.05, 4.69) is 12.0 Å². The summed E-state index contributed by atoms with van der Waals surface area (Å²) in [6.45, 7) is 2.38. The van der Waals surface area contributed by atoms with Crippen LogP contribution in [0.4, 0.5) is 0 Å². The predicted molar refractivity (Wildman–Crippen MR) is 59.4 cm³/mol. The molecule has 1 saturated carbocycles. The van der Waals surface area contributed by atoms with E-state index in [0.29, 0.717) is 6.04 Å². The van der Waals surface area contributed by atoms with Gasteiger partial charge in [0.25, 0.3) is 0 Å². The Bertz CT molecular complexity index is 300. The van der Waals surface area contributed by atoms with E-state index < -0.39 is 0 Å². The zero-order chi connectivity index (χ0) is 10.7. The molecule has 2 rings (SSSR count). The third-order valence-corrected chi connectivity index (χ3v) is 3.61. The quantitative estimate of drug-likeness (QED) is 0.828. The van der Waals surface area contributed by atoms with Crippen molar-refractivity contribution in [3.05, 3.63) is 18.0 Å². The van der Waals surface area contributed by atoms with Gasteiger partial charge in [-0.3, -0.25) is 4.68 Å². The Morgan fingerprint density at radius 1 is 1.40 bits per heavy atom. The highest BCUT2D eigenvalue weighted by atomic mass is 16.3. The molecule has 1 aromatic rings. The third kappa shape index (κ3) is 2.40. The minimum Gasteiger partial charge on any atom is -0.392 e. The molecular weight excluding hydrogens is 188 g/mol. The molecule has 0 aliphatic heterocycles. The Balaban J connectivity index is 1.95. The molecular formula is C12H20N2O. The van der Waals surface area contributed by atoms with Gasteiger partial charge in [-0.15, -0.1) is 0 Å². The standard InChI is InChI=1S/C12H20N2O/c1-2-10-3-5-12(6-4-10)14-8-11(9-15)7-13-14/h7-8,10,12,15H,2-6,9H2,1H3. The highest BCUT2D eigenvalue weighted by Crippen LogP contribution is 2.33. The highest BCUT2D eigenvalue weighted by Gasteiger charge is 2.21. The molecule has 0 radical (unpaired) electrons. The second kappa shape index (κ2) is 4.79. The number of hydrogen-bond donors (Lipinski definition) is 1. The van der Waals surface area contributed by atoms with Crippen molar-refractivity contribution in [3.63, 3.8) is 0 Å². The SMILES string of the molecule is CCC1CCC(n2cc(CO)cn2)CC1. The maximum absolute atomic E-state index is 8.98. The molecule has 1 aliphatic rings. The van der Waals surface area contributed by atoms with Crippen molar-refractivity contribution in [2.24, 2.45) is 5.92 Å². The Hall–Kier alpha value is -0.830. The fraction of sp³-hybridized carbons (Fsp3) is 0.750. The maximum atomic E-state index is 8.98. The first-order valence-electron chi connectivity index (χ1n) is 5.97. The van der Waals surface area contributed by atoms with Gasteiger partial charge in [0.1, 0.15) is 0 Å². The lowest BCUT2D eigenvalue weighted by Crippen LogP contribution is -2.18. The monoisotopic (exact) mass is 208 g/mol. The molecule has 3 heteroatoms. The van der Waals surface area contributed by atoms with Gasteiger partial charge < -0.3 is 5.11 Å². The van der Waals surface area contributed by atoms with Gasteiger partial charge >= 0.3 is 0 Å². The Labute approximate surface area is 91.1 Å². The summed E-state index contributed by atoms with van der Waals surface area (Å²) < 4.78 is 2.04. The minimum absolute atomic E-state index is 0.101. The van der Waals surface area contributed by atoms with E-state index >= 15 is 0 Å². The summed E-state index contributed by atoms with van der Waals surface area (Å²) in [7, 11) is 0. The molecule has 15 heavy (non-hydrogen) atoms. The van der Waals surface area contributed by atoms with Crippen LogP contribution in [-0.4, -0.2) is 14.9 Å². The van der Waals surface area contributed by atoms with Crippen LogP contribution in [0.15, 0.2) is 12.4 Å². The van der Waals surface area contributed by atoms with Crippen LogP contribution in [0.3, 0.4) is 0 Å². The van der Waals surface area contributed by atoms with Crippen molar-refractivity contribution in [1.29, 1.82) is 0 Å². The molecule has 1 N–H and O–H groups in total. The number of aliphatic hydroxyl groups excluding tert-OH is 1. The number of rotatable bonds is 3. The Morgan fingerprint density at radius 3 is 2.67 bits per heavy atom. The summed E-state index contributed by atoms with van der Waals surface area (Å²) >= 11 is 0. The zero-order valence-electron chi connectivity index (χ0n) is 9.39. The first kappa shape index (κ1) is 10.7. The molecule has 0 saturated heterocycles. The number of nitrogens with zero attached hydrogens (tertiary/aromatic N) is 2. The van der Waals surface area contributed by atoms with Crippen LogP contribution in [0.1, 0.15) is 50.6 Å². The van der Waals surface area contributed by atoms with Crippen molar-refractivity contribution in [2.45, 2.75) is 51.7 Å². The van der Waals surface area contributed by atoms with Crippen LogP contribution < -0.4 is 0 Å². The number of aromatic nitrogens is 2. The van der Waals surface area contributed by atoms with Gasteiger partial charge in [-0.05, 0) is 31.6 Å². The lowest BCUT2D eigenvalue weighted by Gasteiger charge is -2.27. The fourth-order valence-electron chi connectivity index (χ4n) is 2.48. The largest absolute Gasteiger partial charge is 0.392 e. The van der Waals surface area contributed by atoms with Crippen molar-refractivity contribution in [3.8, 4) is 0 Å². The summed E-state index contributed by atoms with van der Waals surface area (Å²) in [6.07, 6.45) is 10.2. The Kier molecular flexibility index (Phi) is 3.41. The molecule has 1 aromatic heterocycles. The van der Waals surface area contributed by atoms with Gasteiger partial charge in [-0.1, -0.05) is 13.3 Å². The number of hydrogen-bond acceptors (Lipinski definition) is 2. The van der Waals surface area contributed by atoms with E-state index in [1.165, 1.54) is 32.1 Å². The summed E-state index contributed by atoms with van der Waals surface area (Å²) in [5, 5.41) is 13.3. The summed E-state index contributed by atoms with van der Waals surface area (Å²) in [5.74, 6) is 0.925. The van der Waals surface area contributed by atoms with Crippen molar-refractivity contribution in [2.75, 3.05) is 0 Å². The van der Waals surface area contributed by atoms with Gasteiger partial charge in [-0.25, -0.2) is 0 Å². The molecule has 1 fully saturated rings. The summed E-state index contributed by atoms with van der Waals surface area (Å²) in [5.41, 5.74) is 0.924. The van der Waals surface area contributed by atoms with Gasteiger partial charge in [0, 0.05) is 11.8 Å². The van der Waals surface area contributed by atoms with Crippen molar-refractivity contribution >= 4 is 0 Å². The number of aliphatic hydroxyl groups is 1. The van der Waals surface area contributed by atoms with E-state index in [-0.39, 0.29) is 6.61 Å². The van der Waals surface area contributed by atoms with Gasteiger partial charge in [0.2, 0.25) is 0 Å². The van der Waals surface area contributed by atoms with Crippen LogP contribution in [0, 0.1) is 5.92 Å². The molecule has 3 nitrogen and oxygen atoms in total. The third-order valence-electron chi connectivity index (χ3n) is 3.61. The highest BCUT2D eigenvalue weighted by molar-refractivity contribution is 5.02. The maximum Gasteiger partial charge on any atom is 0.0712 e. The lowest BCUT2D eigenvalue weighted by atomic mass is 9.85. The first-order chi connectivity index (χ1) is 7.33. The molecule has 0 spiro atoms. The fourth-order valence-corrected chi connectivity index (χ4v) is 2.48. The topological polar surface area (TPSA) is 38.0 Å². The van der Waals surface area contributed by atoms with E-state index in [1.807, 2.05) is 10.9 Å². The minimum atomic E-state index is 0.101. The van der Waals surface area contributed by atoms with Crippen LogP contribution in [0.25, 0.3) is 0 Å². The van der Waals surface area contributed by atoms with Crippen LogP contribution in [-0.2, 0) is 6.61 Å². The smallest absolute Gasteiger partial charge is 0.0712 e. The normalized spacial score (nSPS) is 26.8. The molecule has 0 bridgehead atoms. The zero-order valence-corrected chi connectivity index (χ0v) is 9.39. The van der Waals surface area contributed by atoms with Gasteiger partial charge in [-0.2, -0.15) is 5.10 Å². The van der Waals surface area contributed by atoms with Gasteiger partial charge in [0.05, 0.1) is 18.8 Å². The Morgan fingerprint density at radius 2 is 2.13 bits per heavy atom. The molecule has 0 amide bonds. The molecule has 1 aliphatic carbocycles. The summed E-state index contributed by atoms with van der Waals surface area (Å²) in [6, 6.07) is 0.563. The van der Waals surface area contributed by atoms with E-state index in [0.717, 1.165) is 11.5 Å². The molecule has 1 heterocycles. The first-order valence-corrected chi connectivity index (χ1v) is 5.97. The van der Waals surface area contributed by atoms with Crippen LogP contribution in [0.2, 0.25) is 0 Å². The van der Waals surface area contributed by atoms with E-state index in [1.54, 1.807) is 6.20 Å². The average molecular weight is 208 g/mol. The van der Waals surface area contributed by atoms with Gasteiger partial charge in [0.15, 0.2) is 0 Å². The van der Waals surface area contributed by atoms with E-state index in [9.17, 15) is 0 Å². The molecule has 0 aromatic carbocycles. The molecule has 0 atom stereocenters. The van der Waals surface area contributed by atoms with Crippen LogP contribution >= 0.6 is 0 Å². The second-order valence-corrected chi connectivity index (χ2v) is 4.57. The second-order valence-electron chi connectivity index (χ2n) is 4.57. The predicted octanol–water partition coefficient (Wildman–Crippen LogP) is 2.52.